The molecule has 0 saturated heterocycles. The van der Waals surface area contributed by atoms with E-state index in [2.05, 4.69) is 10.6 Å². The van der Waals surface area contributed by atoms with Gasteiger partial charge < -0.3 is 10.6 Å². The zero-order chi connectivity index (χ0) is 12.0. The van der Waals surface area contributed by atoms with Crippen LogP contribution < -0.4 is 10.6 Å². The Balaban J connectivity index is 2.43. The molecule has 0 aliphatic heterocycles. The molecule has 0 unspecified atom stereocenters. The molecular formula is C11H16N2O2S. The van der Waals surface area contributed by atoms with Crippen molar-refractivity contribution >= 4 is 23.0 Å². The van der Waals surface area contributed by atoms with Gasteiger partial charge >= 0.3 is 0 Å². The second kappa shape index (κ2) is 6.40. The number of hydrogen-bond acceptors (Lipinski definition) is 4. The lowest BCUT2D eigenvalue weighted by Crippen LogP contribution is -2.25. The number of thiophene rings is 1. The summed E-state index contributed by atoms with van der Waals surface area (Å²) in [5.74, 6) is -0.112. The Kier molecular flexibility index (Phi) is 5.14. The largest absolute Gasteiger partial charge is 0.351 e. The van der Waals surface area contributed by atoms with Crippen molar-refractivity contribution in [1.29, 1.82) is 0 Å². The molecule has 1 heterocycles. The van der Waals surface area contributed by atoms with Crippen molar-refractivity contribution in [2.45, 2.75) is 13.3 Å². The van der Waals surface area contributed by atoms with E-state index in [1.165, 1.54) is 18.3 Å². The molecule has 0 bridgehead atoms. The number of nitrogens with one attached hydrogen (secondary N) is 2. The number of rotatable bonds is 6. The predicted molar refractivity (Wildman–Crippen MR) is 65.2 cm³/mol. The van der Waals surface area contributed by atoms with Crippen molar-refractivity contribution in [1.82, 2.24) is 10.6 Å². The average Bonchev–Trinajstić information content (AvgIpc) is 2.73. The van der Waals surface area contributed by atoms with Crippen molar-refractivity contribution in [2.24, 2.45) is 0 Å². The van der Waals surface area contributed by atoms with E-state index in [4.69, 9.17) is 0 Å². The molecule has 1 aromatic rings. The second-order valence-corrected chi connectivity index (χ2v) is 4.38. The molecule has 0 radical (unpaired) electrons. The Labute approximate surface area is 99.0 Å². The predicted octanol–water partition coefficient (Wildman–Crippen LogP) is 1.29. The summed E-state index contributed by atoms with van der Waals surface area (Å²) in [6.45, 7) is 3.02. The van der Waals surface area contributed by atoms with Crippen molar-refractivity contribution < 1.29 is 9.59 Å². The normalized spacial score (nSPS) is 10.1. The highest BCUT2D eigenvalue weighted by Gasteiger charge is 2.10. The van der Waals surface area contributed by atoms with Gasteiger partial charge in [-0.15, -0.1) is 11.3 Å². The van der Waals surface area contributed by atoms with E-state index in [1.807, 2.05) is 7.05 Å². The molecule has 4 nitrogen and oxygen atoms in total. The van der Waals surface area contributed by atoms with E-state index < -0.39 is 0 Å². The highest BCUT2D eigenvalue weighted by atomic mass is 32.1. The Bertz CT molecular complexity index is 374. The third kappa shape index (κ3) is 3.75. The van der Waals surface area contributed by atoms with Crippen LogP contribution in [0.5, 0.6) is 0 Å². The van der Waals surface area contributed by atoms with Crippen molar-refractivity contribution in [3.05, 3.63) is 21.9 Å². The van der Waals surface area contributed by atoms with Gasteiger partial charge in [0.1, 0.15) is 0 Å². The maximum absolute atomic E-state index is 11.6. The number of carbonyl (C=O) groups is 2. The molecule has 0 aliphatic carbocycles. The van der Waals surface area contributed by atoms with Crippen molar-refractivity contribution in [3.63, 3.8) is 0 Å². The summed E-state index contributed by atoms with van der Waals surface area (Å²) in [7, 11) is 1.88. The first kappa shape index (κ1) is 12.9. The zero-order valence-corrected chi connectivity index (χ0v) is 10.3. The topological polar surface area (TPSA) is 58.2 Å². The van der Waals surface area contributed by atoms with Crippen LogP contribution in [0.3, 0.4) is 0 Å². The van der Waals surface area contributed by atoms with E-state index >= 15 is 0 Å². The van der Waals surface area contributed by atoms with Gasteiger partial charge in [-0.25, -0.2) is 0 Å². The fourth-order valence-corrected chi connectivity index (χ4v) is 2.06. The maximum Gasteiger partial charge on any atom is 0.261 e. The highest BCUT2D eigenvalue weighted by Crippen LogP contribution is 2.14. The van der Waals surface area contributed by atoms with Crippen LogP contribution in [0.1, 0.15) is 33.4 Å². The first-order chi connectivity index (χ1) is 7.65. The lowest BCUT2D eigenvalue weighted by Gasteiger charge is -2.02. The van der Waals surface area contributed by atoms with Crippen molar-refractivity contribution in [3.8, 4) is 0 Å². The van der Waals surface area contributed by atoms with Crippen LogP contribution in [0.4, 0.5) is 0 Å². The minimum atomic E-state index is -0.103. The van der Waals surface area contributed by atoms with Gasteiger partial charge in [0.15, 0.2) is 5.78 Å². The molecule has 16 heavy (non-hydrogen) atoms. The fraction of sp³-hybridized carbons (Fsp3) is 0.455. The lowest BCUT2D eigenvalue weighted by molar-refractivity contribution is 0.0957. The van der Waals surface area contributed by atoms with Crippen LogP contribution in [0, 0.1) is 0 Å². The van der Waals surface area contributed by atoms with Crippen LogP contribution in [0.25, 0.3) is 0 Å². The Morgan fingerprint density at radius 3 is 2.69 bits per heavy atom. The summed E-state index contributed by atoms with van der Waals surface area (Å²) in [4.78, 5) is 23.3. The van der Waals surface area contributed by atoms with E-state index in [-0.39, 0.29) is 11.7 Å². The van der Waals surface area contributed by atoms with Gasteiger partial charge in [-0.2, -0.15) is 0 Å². The molecule has 0 fully saturated rings. The summed E-state index contributed by atoms with van der Waals surface area (Å²) in [5, 5.41) is 7.53. The molecule has 2 N–H and O–H groups in total. The van der Waals surface area contributed by atoms with Gasteiger partial charge in [-0.1, -0.05) is 0 Å². The van der Waals surface area contributed by atoms with Crippen LogP contribution in [0.15, 0.2) is 11.4 Å². The Morgan fingerprint density at radius 1 is 1.38 bits per heavy atom. The van der Waals surface area contributed by atoms with Gasteiger partial charge in [0.05, 0.1) is 4.88 Å². The zero-order valence-electron chi connectivity index (χ0n) is 9.50. The van der Waals surface area contributed by atoms with E-state index in [0.29, 0.717) is 17.0 Å². The second-order valence-electron chi connectivity index (χ2n) is 3.47. The molecule has 5 heteroatoms. The summed E-state index contributed by atoms with van der Waals surface area (Å²) in [6.07, 6.45) is 0.896. The van der Waals surface area contributed by atoms with Crippen LogP contribution in [0.2, 0.25) is 0 Å². The van der Waals surface area contributed by atoms with Crippen LogP contribution in [-0.4, -0.2) is 31.8 Å². The Hall–Kier alpha value is -1.20. The summed E-state index contributed by atoms with van der Waals surface area (Å²) in [5.41, 5.74) is 0.602. The number of Topliss-reactive ketones (excluding diaryl/α,β-unsaturated/α-hetero) is 1. The summed E-state index contributed by atoms with van der Waals surface area (Å²) >= 11 is 1.30. The first-order valence-electron chi connectivity index (χ1n) is 5.17. The number of amides is 1. The molecule has 0 aromatic carbocycles. The van der Waals surface area contributed by atoms with Gasteiger partial charge in [-0.05, 0) is 33.0 Å². The summed E-state index contributed by atoms with van der Waals surface area (Å²) < 4.78 is 0. The first-order valence-corrected chi connectivity index (χ1v) is 6.05. The molecule has 0 aliphatic rings. The van der Waals surface area contributed by atoms with E-state index in [0.717, 1.165) is 13.0 Å². The van der Waals surface area contributed by atoms with Gasteiger partial charge in [-0.3, -0.25) is 9.59 Å². The fourth-order valence-electron chi connectivity index (χ4n) is 1.19. The van der Waals surface area contributed by atoms with Gasteiger partial charge in [0.25, 0.3) is 5.91 Å². The van der Waals surface area contributed by atoms with E-state index in [1.54, 1.807) is 11.4 Å². The third-order valence-electron chi connectivity index (χ3n) is 2.12. The SMILES string of the molecule is CNCCCNC(=O)c1cc(C(C)=O)cs1. The molecule has 88 valence electrons. The van der Waals surface area contributed by atoms with Gasteiger partial charge in [0, 0.05) is 17.5 Å². The smallest absolute Gasteiger partial charge is 0.261 e. The summed E-state index contributed by atoms with van der Waals surface area (Å²) in [6, 6.07) is 1.64. The van der Waals surface area contributed by atoms with Crippen LogP contribution in [-0.2, 0) is 0 Å². The minimum absolute atomic E-state index is 0.00881. The molecule has 0 saturated carbocycles. The average molecular weight is 240 g/mol. The molecule has 1 amide bonds. The molecule has 1 aromatic heterocycles. The van der Waals surface area contributed by atoms with Crippen LogP contribution >= 0.6 is 11.3 Å². The number of ketones is 1. The van der Waals surface area contributed by atoms with Crippen molar-refractivity contribution in [2.75, 3.05) is 20.1 Å². The number of carbonyl (C=O) groups excluding carboxylic acids is 2. The van der Waals surface area contributed by atoms with Gasteiger partial charge in [0.2, 0.25) is 0 Å². The Morgan fingerprint density at radius 2 is 2.12 bits per heavy atom. The minimum Gasteiger partial charge on any atom is -0.351 e. The molecular weight excluding hydrogens is 224 g/mol. The third-order valence-corrected chi connectivity index (χ3v) is 3.05. The monoisotopic (exact) mass is 240 g/mol. The lowest BCUT2D eigenvalue weighted by atomic mass is 10.2. The molecule has 1 rings (SSSR count). The van der Waals surface area contributed by atoms with E-state index in [9.17, 15) is 9.59 Å². The molecule has 0 spiro atoms. The quantitative estimate of drug-likeness (QED) is 0.582. The number of hydrogen-bond donors (Lipinski definition) is 2. The highest BCUT2D eigenvalue weighted by molar-refractivity contribution is 7.12. The standard InChI is InChI=1S/C11H16N2O2S/c1-8(14)9-6-10(16-7-9)11(15)13-5-3-4-12-2/h6-7,12H,3-5H2,1-2H3,(H,13,15). The maximum atomic E-state index is 11.6. The molecule has 0 atom stereocenters.